The molecule has 0 aliphatic carbocycles. The molecule has 0 radical (unpaired) electrons. The van der Waals surface area contributed by atoms with Gasteiger partial charge in [0.05, 0.1) is 20.8 Å². The molecule has 2 rings (SSSR count). The van der Waals surface area contributed by atoms with Crippen LogP contribution in [0.5, 0.6) is 11.5 Å². The molecule has 26 heavy (non-hydrogen) atoms. The van der Waals surface area contributed by atoms with Gasteiger partial charge in [0.15, 0.2) is 5.96 Å². The second-order valence-electron chi connectivity index (χ2n) is 5.84. The number of methoxy groups -OCH3 is 2. The van der Waals surface area contributed by atoms with E-state index in [0.29, 0.717) is 12.6 Å². The van der Waals surface area contributed by atoms with Gasteiger partial charge in [0.25, 0.3) is 0 Å². The Balaban J connectivity index is 0.00000338. The number of ether oxygens (including phenoxy) is 3. The lowest BCUT2D eigenvalue weighted by Gasteiger charge is -2.21. The summed E-state index contributed by atoms with van der Waals surface area (Å²) in [4.78, 5) is 6.61. The van der Waals surface area contributed by atoms with Gasteiger partial charge in [0, 0.05) is 63.2 Å². The first-order valence-corrected chi connectivity index (χ1v) is 8.73. The van der Waals surface area contributed by atoms with Crippen molar-refractivity contribution in [3.05, 3.63) is 18.2 Å². The Bertz CT molecular complexity index is 549. The molecule has 0 aromatic heterocycles. The Morgan fingerprint density at radius 2 is 1.92 bits per heavy atom. The van der Waals surface area contributed by atoms with Crippen molar-refractivity contribution in [3.8, 4) is 11.5 Å². The third kappa shape index (κ3) is 6.71. The zero-order valence-electron chi connectivity index (χ0n) is 16.1. The average Bonchev–Trinajstić information content (AvgIpc) is 3.12. The predicted molar refractivity (Wildman–Crippen MR) is 117 cm³/mol. The molecule has 148 valence electrons. The van der Waals surface area contributed by atoms with Crippen molar-refractivity contribution >= 4 is 35.6 Å². The van der Waals surface area contributed by atoms with Crippen LogP contribution in [0.25, 0.3) is 0 Å². The topological polar surface area (TPSA) is 67.4 Å². The van der Waals surface area contributed by atoms with Gasteiger partial charge in [-0.2, -0.15) is 0 Å². The second-order valence-corrected chi connectivity index (χ2v) is 5.84. The fourth-order valence-electron chi connectivity index (χ4n) is 2.86. The van der Waals surface area contributed by atoms with Crippen molar-refractivity contribution in [3.63, 3.8) is 0 Å². The summed E-state index contributed by atoms with van der Waals surface area (Å²) in [6, 6.07) is 6.31. The fourth-order valence-corrected chi connectivity index (χ4v) is 2.86. The van der Waals surface area contributed by atoms with Crippen LogP contribution in [0.15, 0.2) is 23.2 Å². The molecule has 1 aliphatic heterocycles. The maximum absolute atomic E-state index is 5.37. The normalized spacial score (nSPS) is 16.8. The maximum Gasteiger partial charge on any atom is 0.191 e. The molecule has 2 N–H and O–H groups in total. The number of rotatable bonds is 8. The van der Waals surface area contributed by atoms with E-state index in [1.54, 1.807) is 21.3 Å². The number of guanidine groups is 1. The highest BCUT2D eigenvalue weighted by atomic mass is 127. The van der Waals surface area contributed by atoms with Crippen molar-refractivity contribution < 1.29 is 14.2 Å². The third-order valence-corrected chi connectivity index (χ3v) is 4.20. The number of nitrogens with zero attached hydrogens (tertiary/aromatic N) is 2. The fraction of sp³-hybridized carbons (Fsp3) is 0.611. The molecule has 1 aliphatic rings. The molecule has 0 amide bonds. The number of hydrogen-bond donors (Lipinski definition) is 2. The van der Waals surface area contributed by atoms with Crippen molar-refractivity contribution in [2.45, 2.75) is 19.4 Å². The van der Waals surface area contributed by atoms with E-state index in [1.165, 1.54) is 0 Å². The van der Waals surface area contributed by atoms with Gasteiger partial charge in [-0.1, -0.05) is 0 Å². The van der Waals surface area contributed by atoms with Gasteiger partial charge >= 0.3 is 0 Å². The monoisotopic (exact) mass is 478 g/mol. The number of aliphatic imine (C=N–C) groups is 1. The SMILES string of the molecule is CCOCCNC(=NC)NC1CCN(c2cc(OC)cc(OC)c2)C1.I. The molecule has 7 nitrogen and oxygen atoms in total. The van der Waals surface area contributed by atoms with Crippen LogP contribution in [0.4, 0.5) is 5.69 Å². The van der Waals surface area contributed by atoms with Crippen LogP contribution in [0.3, 0.4) is 0 Å². The smallest absolute Gasteiger partial charge is 0.191 e. The largest absolute Gasteiger partial charge is 0.497 e. The summed E-state index contributed by atoms with van der Waals surface area (Å²) >= 11 is 0. The standard InChI is InChI=1S/C18H30N4O3.HI/c1-5-25-9-7-20-18(19-2)21-14-6-8-22(13-14)15-10-16(23-3)12-17(11-15)24-4;/h10-12,14H,5-9,13H2,1-4H3,(H2,19,20,21);1H. The molecule has 0 bridgehead atoms. The Labute approximate surface area is 173 Å². The van der Waals surface area contributed by atoms with Crippen molar-refractivity contribution in [2.75, 3.05) is 59.0 Å². The quantitative estimate of drug-likeness (QED) is 0.258. The summed E-state index contributed by atoms with van der Waals surface area (Å²) < 4.78 is 16.1. The highest BCUT2D eigenvalue weighted by molar-refractivity contribution is 14.0. The lowest BCUT2D eigenvalue weighted by Crippen LogP contribution is -2.45. The zero-order valence-corrected chi connectivity index (χ0v) is 18.4. The van der Waals surface area contributed by atoms with Crippen LogP contribution >= 0.6 is 24.0 Å². The summed E-state index contributed by atoms with van der Waals surface area (Å²) in [5.74, 6) is 2.42. The van der Waals surface area contributed by atoms with Crippen LogP contribution in [0.1, 0.15) is 13.3 Å². The lowest BCUT2D eigenvalue weighted by molar-refractivity contribution is 0.152. The summed E-state index contributed by atoms with van der Waals surface area (Å²) in [5, 5.41) is 6.76. The Morgan fingerprint density at radius 1 is 1.23 bits per heavy atom. The van der Waals surface area contributed by atoms with Crippen LogP contribution in [0, 0.1) is 0 Å². The first-order valence-electron chi connectivity index (χ1n) is 8.73. The van der Waals surface area contributed by atoms with E-state index in [-0.39, 0.29) is 24.0 Å². The number of nitrogens with one attached hydrogen (secondary N) is 2. The molecule has 1 unspecified atom stereocenters. The molecule has 0 spiro atoms. The zero-order chi connectivity index (χ0) is 18.1. The van der Waals surface area contributed by atoms with E-state index in [2.05, 4.69) is 20.5 Å². The van der Waals surface area contributed by atoms with E-state index in [0.717, 1.165) is 55.8 Å². The van der Waals surface area contributed by atoms with E-state index >= 15 is 0 Å². The van der Waals surface area contributed by atoms with Gasteiger partial charge in [-0.25, -0.2) is 0 Å². The molecule has 1 aromatic rings. The van der Waals surface area contributed by atoms with Gasteiger partial charge in [-0.05, 0) is 13.3 Å². The third-order valence-electron chi connectivity index (χ3n) is 4.20. The average molecular weight is 478 g/mol. The summed E-state index contributed by atoms with van der Waals surface area (Å²) in [7, 11) is 5.13. The summed E-state index contributed by atoms with van der Waals surface area (Å²) in [5.41, 5.74) is 1.11. The minimum Gasteiger partial charge on any atom is -0.497 e. The molecular weight excluding hydrogens is 447 g/mol. The summed E-state index contributed by atoms with van der Waals surface area (Å²) in [6.07, 6.45) is 1.05. The highest BCUT2D eigenvalue weighted by Gasteiger charge is 2.24. The van der Waals surface area contributed by atoms with E-state index < -0.39 is 0 Å². The molecule has 1 fully saturated rings. The minimum atomic E-state index is 0. The highest BCUT2D eigenvalue weighted by Crippen LogP contribution is 2.30. The predicted octanol–water partition coefficient (Wildman–Crippen LogP) is 2.10. The van der Waals surface area contributed by atoms with Crippen LogP contribution < -0.4 is 25.0 Å². The van der Waals surface area contributed by atoms with Gasteiger partial charge in [0.2, 0.25) is 0 Å². The molecule has 1 aromatic carbocycles. The van der Waals surface area contributed by atoms with E-state index in [9.17, 15) is 0 Å². The van der Waals surface area contributed by atoms with E-state index in [1.807, 2.05) is 25.1 Å². The maximum atomic E-state index is 5.37. The molecular formula is C18H31IN4O3. The molecule has 1 atom stereocenters. The van der Waals surface area contributed by atoms with Crippen molar-refractivity contribution in [1.29, 1.82) is 0 Å². The van der Waals surface area contributed by atoms with E-state index in [4.69, 9.17) is 14.2 Å². The Hall–Kier alpha value is -1.42. The van der Waals surface area contributed by atoms with Crippen LogP contribution in [0.2, 0.25) is 0 Å². The minimum absolute atomic E-state index is 0. The summed E-state index contributed by atoms with van der Waals surface area (Å²) in [6.45, 7) is 6.03. The number of benzene rings is 1. The first kappa shape index (κ1) is 22.6. The molecule has 8 heteroatoms. The van der Waals surface area contributed by atoms with Gasteiger partial charge in [0.1, 0.15) is 11.5 Å². The van der Waals surface area contributed by atoms with Gasteiger partial charge in [-0.3, -0.25) is 4.99 Å². The first-order chi connectivity index (χ1) is 12.2. The number of halogens is 1. The van der Waals surface area contributed by atoms with Gasteiger partial charge in [-0.15, -0.1) is 24.0 Å². The van der Waals surface area contributed by atoms with Crippen molar-refractivity contribution in [1.82, 2.24) is 10.6 Å². The number of anilines is 1. The Kier molecular flexibility index (Phi) is 10.5. The molecule has 1 heterocycles. The lowest BCUT2D eigenvalue weighted by atomic mass is 10.2. The van der Waals surface area contributed by atoms with Crippen LogP contribution in [-0.4, -0.2) is 66.1 Å². The Morgan fingerprint density at radius 3 is 2.50 bits per heavy atom. The van der Waals surface area contributed by atoms with Gasteiger partial charge < -0.3 is 29.7 Å². The van der Waals surface area contributed by atoms with Crippen LogP contribution in [-0.2, 0) is 4.74 Å². The molecule has 1 saturated heterocycles. The molecule has 0 saturated carbocycles. The second kappa shape index (κ2) is 12.1. The van der Waals surface area contributed by atoms with Crippen molar-refractivity contribution in [2.24, 2.45) is 4.99 Å². The number of hydrogen-bond acceptors (Lipinski definition) is 5.